The molecule has 3 amide bonds. The minimum atomic E-state index is -0.668. The molecule has 2 N–H and O–H groups in total. The van der Waals surface area contributed by atoms with E-state index in [1.54, 1.807) is 45.8 Å². The average Bonchev–Trinajstić information content (AvgIpc) is 3.76. The Morgan fingerprint density at radius 2 is 1.71 bits per heavy atom. The SMILES string of the molecule is CCCC[C@H](COC(=O)N(Cc1cccs1)Cc1cccs1)NC(=O)NC(CC(=O)OC)c1ccc2c(c1)OCO2. The number of urea groups is 1. The van der Waals surface area contributed by atoms with Crippen molar-refractivity contribution in [1.29, 1.82) is 0 Å². The largest absolute Gasteiger partial charge is 0.469 e. The molecule has 0 fully saturated rings. The molecule has 2 aromatic heterocycles. The molecule has 1 aromatic carbocycles. The van der Waals surface area contributed by atoms with E-state index >= 15 is 0 Å². The molecular weight excluding hydrogens is 566 g/mol. The fraction of sp³-hybridized carbons (Fsp3) is 0.414. The van der Waals surface area contributed by atoms with Gasteiger partial charge in [0.05, 0.1) is 38.7 Å². The first-order valence-electron chi connectivity index (χ1n) is 13.4. The third kappa shape index (κ3) is 9.12. The summed E-state index contributed by atoms with van der Waals surface area (Å²) < 4.78 is 21.4. The van der Waals surface area contributed by atoms with Gasteiger partial charge in [-0.1, -0.05) is 38.0 Å². The van der Waals surface area contributed by atoms with Crippen LogP contribution in [0.15, 0.2) is 53.2 Å². The summed E-state index contributed by atoms with van der Waals surface area (Å²) in [4.78, 5) is 42.2. The minimum Gasteiger partial charge on any atom is -0.469 e. The van der Waals surface area contributed by atoms with Crippen LogP contribution < -0.4 is 20.1 Å². The van der Waals surface area contributed by atoms with E-state index in [9.17, 15) is 14.4 Å². The highest BCUT2D eigenvalue weighted by atomic mass is 32.1. The number of nitrogens with zero attached hydrogens (tertiary/aromatic N) is 1. The van der Waals surface area contributed by atoms with E-state index in [0.29, 0.717) is 36.6 Å². The zero-order chi connectivity index (χ0) is 29.0. The fourth-order valence-corrected chi connectivity index (χ4v) is 5.73. The quantitative estimate of drug-likeness (QED) is 0.223. The van der Waals surface area contributed by atoms with Crippen molar-refractivity contribution < 1.29 is 33.3 Å². The van der Waals surface area contributed by atoms with Gasteiger partial charge in [-0.15, -0.1) is 22.7 Å². The first kappa shape index (κ1) is 30.2. The van der Waals surface area contributed by atoms with Crippen LogP contribution in [0.4, 0.5) is 9.59 Å². The highest BCUT2D eigenvalue weighted by Gasteiger charge is 2.25. The Hall–Kier alpha value is -3.77. The van der Waals surface area contributed by atoms with Crippen molar-refractivity contribution >= 4 is 40.8 Å². The van der Waals surface area contributed by atoms with E-state index < -0.39 is 30.2 Å². The third-order valence-corrected chi connectivity index (χ3v) is 8.19. The normalized spacial score (nSPS) is 13.2. The molecule has 3 heterocycles. The topological polar surface area (TPSA) is 115 Å². The molecule has 12 heteroatoms. The molecule has 0 radical (unpaired) electrons. The van der Waals surface area contributed by atoms with Gasteiger partial charge in [0.2, 0.25) is 6.79 Å². The van der Waals surface area contributed by atoms with E-state index in [4.69, 9.17) is 18.9 Å². The second-order valence-corrected chi connectivity index (χ2v) is 11.6. The van der Waals surface area contributed by atoms with Crippen molar-refractivity contribution in [3.63, 3.8) is 0 Å². The predicted molar refractivity (Wildman–Crippen MR) is 156 cm³/mol. The standard InChI is InChI=1S/C29H35N3O7S2/c1-3-4-7-21(18-37-29(35)32(16-22-8-5-12-40-22)17-23-9-6-13-41-23)30-28(34)31-24(15-27(33)36-2)20-10-11-25-26(14-20)39-19-38-25/h5-6,8-14,21,24H,3-4,7,15-19H2,1-2H3,(H2,30,31,34)/t21-,24?/m1/s1. The van der Waals surface area contributed by atoms with E-state index in [1.807, 2.05) is 35.0 Å². The Morgan fingerprint density at radius 1 is 1.00 bits per heavy atom. The lowest BCUT2D eigenvalue weighted by Crippen LogP contribution is -2.46. The highest BCUT2D eigenvalue weighted by molar-refractivity contribution is 7.10. The summed E-state index contributed by atoms with van der Waals surface area (Å²) in [5.41, 5.74) is 0.670. The van der Waals surface area contributed by atoms with Crippen LogP contribution in [-0.2, 0) is 27.4 Å². The van der Waals surface area contributed by atoms with E-state index in [-0.39, 0.29) is 19.8 Å². The Labute approximate surface area is 247 Å². The number of ether oxygens (including phenoxy) is 4. The lowest BCUT2D eigenvalue weighted by atomic mass is 10.0. The number of methoxy groups -OCH3 is 1. The molecule has 220 valence electrons. The van der Waals surface area contributed by atoms with Crippen LogP contribution in [0.25, 0.3) is 0 Å². The van der Waals surface area contributed by atoms with Crippen LogP contribution in [0.5, 0.6) is 11.5 Å². The van der Waals surface area contributed by atoms with Crippen LogP contribution in [-0.4, -0.2) is 49.5 Å². The van der Waals surface area contributed by atoms with Crippen molar-refractivity contribution in [2.45, 2.75) is 57.8 Å². The van der Waals surface area contributed by atoms with Gasteiger partial charge >= 0.3 is 18.1 Å². The summed E-state index contributed by atoms with van der Waals surface area (Å²) in [6.07, 6.45) is 1.86. The number of thiophene rings is 2. The molecule has 0 spiro atoms. The number of benzene rings is 1. The van der Waals surface area contributed by atoms with Crippen molar-refractivity contribution in [3.8, 4) is 11.5 Å². The van der Waals surface area contributed by atoms with E-state index in [0.717, 1.165) is 22.6 Å². The number of nitrogens with one attached hydrogen (secondary N) is 2. The lowest BCUT2D eigenvalue weighted by Gasteiger charge is -2.25. The fourth-order valence-electron chi connectivity index (χ4n) is 4.29. The molecule has 1 aliphatic heterocycles. The molecule has 41 heavy (non-hydrogen) atoms. The zero-order valence-corrected chi connectivity index (χ0v) is 24.8. The van der Waals surface area contributed by atoms with Gasteiger partial charge in [0.1, 0.15) is 6.61 Å². The van der Waals surface area contributed by atoms with Crippen LogP contribution in [0, 0.1) is 0 Å². The van der Waals surface area contributed by atoms with Crippen molar-refractivity contribution in [1.82, 2.24) is 15.5 Å². The Bertz CT molecular complexity index is 1230. The number of rotatable bonds is 14. The molecule has 0 bridgehead atoms. The van der Waals surface area contributed by atoms with E-state index in [1.165, 1.54) is 7.11 Å². The maximum absolute atomic E-state index is 13.2. The third-order valence-electron chi connectivity index (χ3n) is 6.46. The molecule has 0 saturated carbocycles. The lowest BCUT2D eigenvalue weighted by molar-refractivity contribution is -0.141. The van der Waals surface area contributed by atoms with Gasteiger partial charge in [-0.3, -0.25) is 9.69 Å². The number of carbonyl (C=O) groups is 3. The van der Waals surface area contributed by atoms with Gasteiger partial charge in [-0.25, -0.2) is 9.59 Å². The number of carbonyl (C=O) groups excluding carboxylic acids is 3. The first-order chi connectivity index (χ1) is 19.9. The summed E-state index contributed by atoms with van der Waals surface area (Å²) in [7, 11) is 1.30. The van der Waals surface area contributed by atoms with Crippen molar-refractivity contribution in [2.24, 2.45) is 0 Å². The number of unbranched alkanes of at least 4 members (excludes halogenated alkanes) is 1. The zero-order valence-electron chi connectivity index (χ0n) is 23.1. The molecule has 0 saturated heterocycles. The van der Waals surface area contributed by atoms with Crippen LogP contribution >= 0.6 is 22.7 Å². The predicted octanol–water partition coefficient (Wildman–Crippen LogP) is 5.84. The van der Waals surface area contributed by atoms with Gasteiger partial charge in [-0.2, -0.15) is 0 Å². The molecule has 2 atom stereocenters. The summed E-state index contributed by atoms with van der Waals surface area (Å²) in [6, 6.07) is 11.6. The van der Waals surface area contributed by atoms with Crippen LogP contribution in [0.3, 0.4) is 0 Å². The van der Waals surface area contributed by atoms with Gasteiger partial charge < -0.3 is 29.6 Å². The molecule has 10 nitrogen and oxygen atoms in total. The summed E-state index contributed by atoms with van der Waals surface area (Å²) in [5, 5.41) is 9.76. The number of hydrogen-bond acceptors (Lipinski definition) is 9. The first-order valence-corrected chi connectivity index (χ1v) is 15.2. The van der Waals surface area contributed by atoms with Crippen molar-refractivity contribution in [3.05, 3.63) is 68.5 Å². The number of hydrogen-bond donors (Lipinski definition) is 2. The van der Waals surface area contributed by atoms with Gasteiger partial charge in [0.25, 0.3) is 0 Å². The smallest absolute Gasteiger partial charge is 0.410 e. The molecule has 0 aliphatic carbocycles. The minimum absolute atomic E-state index is 0.0172. The number of amides is 3. The van der Waals surface area contributed by atoms with Crippen LogP contribution in [0.2, 0.25) is 0 Å². The summed E-state index contributed by atoms with van der Waals surface area (Å²) >= 11 is 3.16. The summed E-state index contributed by atoms with van der Waals surface area (Å²) in [5.74, 6) is 0.673. The van der Waals surface area contributed by atoms with E-state index in [2.05, 4.69) is 17.6 Å². The Balaban J connectivity index is 1.39. The Kier molecular flexibility index (Phi) is 11.3. The molecule has 4 rings (SSSR count). The molecule has 1 unspecified atom stereocenters. The molecule has 1 aliphatic rings. The Morgan fingerprint density at radius 3 is 2.34 bits per heavy atom. The second-order valence-electron chi connectivity index (χ2n) is 9.49. The summed E-state index contributed by atoms with van der Waals surface area (Å²) in [6.45, 7) is 3.06. The average molecular weight is 602 g/mol. The van der Waals surface area contributed by atoms with Gasteiger partial charge in [0, 0.05) is 9.75 Å². The van der Waals surface area contributed by atoms with Crippen molar-refractivity contribution in [2.75, 3.05) is 20.5 Å². The second kappa shape index (κ2) is 15.3. The maximum atomic E-state index is 13.2. The van der Waals surface area contributed by atoms with Gasteiger partial charge in [0.15, 0.2) is 11.5 Å². The monoisotopic (exact) mass is 601 g/mol. The number of esters is 1. The number of fused-ring (bicyclic) bond motifs is 1. The highest BCUT2D eigenvalue weighted by Crippen LogP contribution is 2.35. The van der Waals surface area contributed by atoms with Gasteiger partial charge in [-0.05, 0) is 47.0 Å². The van der Waals surface area contributed by atoms with Crippen LogP contribution in [0.1, 0.15) is 54.0 Å². The molecule has 3 aromatic rings. The maximum Gasteiger partial charge on any atom is 0.410 e. The molecular formula is C29H35N3O7S2.